The summed E-state index contributed by atoms with van der Waals surface area (Å²) in [5.41, 5.74) is 1.05. The monoisotopic (exact) mass is 215 g/mol. The Morgan fingerprint density at radius 2 is 2.57 bits per heavy atom. The summed E-state index contributed by atoms with van der Waals surface area (Å²) in [7, 11) is 0. The fourth-order valence-corrected chi connectivity index (χ4v) is 1.67. The molecule has 1 heterocycles. The van der Waals surface area contributed by atoms with Crippen LogP contribution in [0, 0.1) is 0 Å². The minimum absolute atomic E-state index is 0.186. The van der Waals surface area contributed by atoms with Gasteiger partial charge in [0.1, 0.15) is 0 Å². The second-order valence-electron chi connectivity index (χ2n) is 3.12. The molecule has 1 rings (SSSR count). The number of H-pyrrole nitrogens is 1. The Kier molecular flexibility index (Phi) is 5.66. The molecule has 0 aliphatic heterocycles. The van der Waals surface area contributed by atoms with Crippen molar-refractivity contribution in [2.45, 2.75) is 19.0 Å². The third-order valence-electron chi connectivity index (χ3n) is 2.03. The largest absolute Gasteiger partial charge is 0.395 e. The number of imidazole rings is 1. The second-order valence-corrected chi connectivity index (χ2v) is 4.10. The highest BCUT2D eigenvalue weighted by atomic mass is 32.2. The molecule has 5 heteroatoms. The summed E-state index contributed by atoms with van der Waals surface area (Å²) in [4.78, 5) is 6.94. The summed E-state index contributed by atoms with van der Waals surface area (Å²) < 4.78 is 0. The van der Waals surface area contributed by atoms with Gasteiger partial charge in [-0.1, -0.05) is 0 Å². The molecule has 0 aliphatic rings. The third-order valence-corrected chi connectivity index (χ3v) is 2.67. The molecule has 0 amide bonds. The topological polar surface area (TPSA) is 60.9 Å². The number of aromatic amines is 1. The van der Waals surface area contributed by atoms with Crippen LogP contribution in [0.3, 0.4) is 0 Å². The molecule has 0 bridgehead atoms. The van der Waals surface area contributed by atoms with Gasteiger partial charge in [0.05, 0.1) is 12.9 Å². The highest BCUT2D eigenvalue weighted by molar-refractivity contribution is 7.98. The molecule has 0 aromatic carbocycles. The average Bonchev–Trinajstić information content (AvgIpc) is 2.71. The molecule has 3 N–H and O–H groups in total. The van der Waals surface area contributed by atoms with E-state index in [9.17, 15) is 0 Å². The summed E-state index contributed by atoms with van der Waals surface area (Å²) in [6.07, 6.45) is 6.51. The Bertz CT molecular complexity index is 228. The van der Waals surface area contributed by atoms with Gasteiger partial charge in [-0.2, -0.15) is 11.8 Å². The van der Waals surface area contributed by atoms with Crippen LogP contribution in [0.5, 0.6) is 0 Å². The summed E-state index contributed by atoms with van der Waals surface area (Å²) in [6.45, 7) is 0.925. The van der Waals surface area contributed by atoms with Gasteiger partial charge in [-0.15, -0.1) is 0 Å². The summed E-state index contributed by atoms with van der Waals surface area (Å²) in [5.74, 6) is 1.07. The van der Waals surface area contributed by atoms with Gasteiger partial charge in [0.25, 0.3) is 0 Å². The van der Waals surface area contributed by atoms with Gasteiger partial charge in [-0.3, -0.25) is 0 Å². The van der Waals surface area contributed by atoms with Gasteiger partial charge >= 0.3 is 0 Å². The summed E-state index contributed by atoms with van der Waals surface area (Å²) in [6, 6.07) is 0.186. The number of hydrogen-bond donors (Lipinski definition) is 3. The molecule has 0 fully saturated rings. The van der Waals surface area contributed by atoms with E-state index in [1.54, 1.807) is 24.3 Å². The number of aliphatic hydroxyl groups is 1. The van der Waals surface area contributed by atoms with Crippen molar-refractivity contribution in [3.8, 4) is 0 Å². The maximum Gasteiger partial charge on any atom is 0.0922 e. The van der Waals surface area contributed by atoms with Crippen LogP contribution in [0.2, 0.25) is 0 Å². The maximum atomic E-state index is 9.08. The predicted octanol–water partition coefficient (Wildman–Crippen LogP) is 0.613. The number of nitrogens with one attached hydrogen (secondary N) is 2. The number of aromatic nitrogens is 2. The van der Waals surface area contributed by atoms with E-state index in [0.717, 1.165) is 24.4 Å². The lowest BCUT2D eigenvalue weighted by atomic mass is 10.2. The van der Waals surface area contributed by atoms with Crippen LogP contribution in [0.4, 0.5) is 0 Å². The first-order chi connectivity index (χ1) is 6.86. The average molecular weight is 215 g/mol. The SMILES string of the molecule is CSCCC(CO)NCc1cnc[nH]1. The van der Waals surface area contributed by atoms with Crippen LogP contribution in [0.15, 0.2) is 12.5 Å². The number of thioether (sulfide) groups is 1. The third kappa shape index (κ3) is 4.13. The van der Waals surface area contributed by atoms with E-state index in [4.69, 9.17) is 5.11 Å². The number of hydrogen-bond acceptors (Lipinski definition) is 4. The second kappa shape index (κ2) is 6.86. The first-order valence-electron chi connectivity index (χ1n) is 4.67. The summed E-state index contributed by atoms with van der Waals surface area (Å²) in [5, 5.41) is 12.4. The Morgan fingerprint density at radius 1 is 1.71 bits per heavy atom. The highest BCUT2D eigenvalue weighted by Crippen LogP contribution is 2.01. The number of aliphatic hydroxyl groups excluding tert-OH is 1. The van der Waals surface area contributed by atoms with Crippen molar-refractivity contribution in [3.05, 3.63) is 18.2 Å². The quantitative estimate of drug-likeness (QED) is 0.624. The van der Waals surface area contributed by atoms with Crippen molar-refractivity contribution in [1.82, 2.24) is 15.3 Å². The van der Waals surface area contributed by atoms with Crippen LogP contribution < -0.4 is 5.32 Å². The predicted molar refractivity (Wildman–Crippen MR) is 59.3 cm³/mol. The van der Waals surface area contributed by atoms with E-state index in [-0.39, 0.29) is 12.6 Å². The van der Waals surface area contributed by atoms with Crippen molar-refractivity contribution in [2.24, 2.45) is 0 Å². The molecule has 4 nitrogen and oxygen atoms in total. The van der Waals surface area contributed by atoms with E-state index in [0.29, 0.717) is 0 Å². The lowest BCUT2D eigenvalue weighted by Gasteiger charge is -2.14. The first kappa shape index (κ1) is 11.6. The maximum absolute atomic E-state index is 9.08. The standard InChI is InChI=1S/C9H17N3OS/c1-14-3-2-8(6-13)11-5-9-4-10-7-12-9/h4,7-8,11,13H,2-3,5-6H2,1H3,(H,10,12). The normalized spacial score (nSPS) is 13.0. The van der Waals surface area contributed by atoms with E-state index in [1.807, 2.05) is 0 Å². The molecule has 0 spiro atoms. The fraction of sp³-hybridized carbons (Fsp3) is 0.667. The van der Waals surface area contributed by atoms with Crippen molar-refractivity contribution in [2.75, 3.05) is 18.6 Å². The zero-order valence-electron chi connectivity index (χ0n) is 8.36. The molecule has 0 radical (unpaired) electrons. The smallest absolute Gasteiger partial charge is 0.0922 e. The Morgan fingerprint density at radius 3 is 3.14 bits per heavy atom. The number of rotatable bonds is 7. The fourth-order valence-electron chi connectivity index (χ4n) is 1.15. The van der Waals surface area contributed by atoms with Gasteiger partial charge < -0.3 is 15.4 Å². The molecule has 0 aliphatic carbocycles. The first-order valence-corrected chi connectivity index (χ1v) is 6.06. The minimum Gasteiger partial charge on any atom is -0.395 e. The Balaban J connectivity index is 2.20. The van der Waals surface area contributed by atoms with Gasteiger partial charge in [-0.05, 0) is 18.4 Å². The molecular formula is C9H17N3OS. The van der Waals surface area contributed by atoms with Gasteiger partial charge in [-0.25, -0.2) is 4.98 Å². The zero-order chi connectivity index (χ0) is 10.2. The van der Waals surface area contributed by atoms with Crippen LogP contribution in [0.1, 0.15) is 12.1 Å². The van der Waals surface area contributed by atoms with Crippen molar-refractivity contribution in [1.29, 1.82) is 0 Å². The Hall–Kier alpha value is -0.520. The Labute approximate surface area is 88.5 Å². The minimum atomic E-state index is 0.186. The molecule has 1 unspecified atom stereocenters. The highest BCUT2D eigenvalue weighted by Gasteiger charge is 2.05. The lowest BCUT2D eigenvalue weighted by Crippen LogP contribution is -2.32. The molecular weight excluding hydrogens is 198 g/mol. The van der Waals surface area contributed by atoms with Gasteiger partial charge in [0, 0.05) is 24.5 Å². The molecule has 1 atom stereocenters. The van der Waals surface area contributed by atoms with Crippen molar-refractivity contribution >= 4 is 11.8 Å². The van der Waals surface area contributed by atoms with Gasteiger partial charge in [0.2, 0.25) is 0 Å². The van der Waals surface area contributed by atoms with Crippen molar-refractivity contribution < 1.29 is 5.11 Å². The van der Waals surface area contributed by atoms with Crippen LogP contribution in [0.25, 0.3) is 0 Å². The molecule has 14 heavy (non-hydrogen) atoms. The molecule has 80 valence electrons. The van der Waals surface area contributed by atoms with E-state index >= 15 is 0 Å². The molecule has 0 saturated carbocycles. The van der Waals surface area contributed by atoms with E-state index in [1.165, 1.54) is 0 Å². The van der Waals surface area contributed by atoms with E-state index in [2.05, 4.69) is 21.5 Å². The van der Waals surface area contributed by atoms with Crippen LogP contribution in [-0.2, 0) is 6.54 Å². The van der Waals surface area contributed by atoms with E-state index < -0.39 is 0 Å². The van der Waals surface area contributed by atoms with Gasteiger partial charge in [0.15, 0.2) is 0 Å². The molecule has 1 aromatic rings. The van der Waals surface area contributed by atoms with Crippen LogP contribution in [-0.4, -0.2) is 39.7 Å². The molecule has 1 aromatic heterocycles. The zero-order valence-corrected chi connectivity index (χ0v) is 9.18. The summed E-state index contributed by atoms with van der Waals surface area (Å²) >= 11 is 1.80. The number of nitrogens with zero attached hydrogens (tertiary/aromatic N) is 1. The lowest BCUT2D eigenvalue weighted by molar-refractivity contribution is 0.238. The van der Waals surface area contributed by atoms with Crippen LogP contribution >= 0.6 is 11.8 Å². The molecule has 0 saturated heterocycles. The van der Waals surface area contributed by atoms with Crippen molar-refractivity contribution in [3.63, 3.8) is 0 Å².